The van der Waals surface area contributed by atoms with E-state index in [-0.39, 0.29) is 6.79 Å². The molecule has 1 aromatic carbocycles. The molecule has 0 aliphatic carbocycles. The summed E-state index contributed by atoms with van der Waals surface area (Å²) in [6.07, 6.45) is 0. The summed E-state index contributed by atoms with van der Waals surface area (Å²) >= 11 is 3.45. The van der Waals surface area contributed by atoms with Crippen molar-refractivity contribution in [3.63, 3.8) is 0 Å². The average molecular weight is 291 g/mol. The number of hydrogen-bond acceptors (Lipinski definition) is 4. The lowest BCUT2D eigenvalue weighted by Gasteiger charge is -2.14. The number of benzene rings is 1. The van der Waals surface area contributed by atoms with E-state index in [0.717, 1.165) is 10.0 Å². The molecule has 16 heavy (non-hydrogen) atoms. The van der Waals surface area contributed by atoms with Crippen LogP contribution in [0.3, 0.4) is 0 Å². The fraction of sp³-hybridized carbons (Fsp3) is 0.455. The standard InChI is InChI=1S/C11H15BrO4/c1-13-7-16-6-8-9(12)4-5-10(14-2)11(8)15-3/h4-5H,6-7H2,1-3H3. The Labute approximate surface area is 104 Å². The first-order valence-corrected chi connectivity index (χ1v) is 5.50. The van der Waals surface area contributed by atoms with Crippen LogP contribution in [0, 0.1) is 0 Å². The van der Waals surface area contributed by atoms with Gasteiger partial charge in [0.1, 0.15) is 6.79 Å². The van der Waals surface area contributed by atoms with Crippen LogP contribution in [0.25, 0.3) is 0 Å². The van der Waals surface area contributed by atoms with Gasteiger partial charge in [0.05, 0.1) is 20.8 Å². The van der Waals surface area contributed by atoms with Crippen LogP contribution < -0.4 is 9.47 Å². The second-order valence-electron chi connectivity index (χ2n) is 3.02. The molecule has 0 amide bonds. The van der Waals surface area contributed by atoms with E-state index in [0.29, 0.717) is 18.1 Å². The van der Waals surface area contributed by atoms with Crippen molar-refractivity contribution in [2.24, 2.45) is 0 Å². The third-order valence-corrected chi connectivity index (χ3v) is 2.78. The van der Waals surface area contributed by atoms with Gasteiger partial charge in [-0.2, -0.15) is 0 Å². The summed E-state index contributed by atoms with van der Waals surface area (Å²) in [7, 11) is 4.79. The highest BCUT2D eigenvalue weighted by atomic mass is 79.9. The van der Waals surface area contributed by atoms with Crippen molar-refractivity contribution >= 4 is 15.9 Å². The van der Waals surface area contributed by atoms with Crippen molar-refractivity contribution in [3.8, 4) is 11.5 Å². The zero-order valence-electron chi connectivity index (χ0n) is 9.58. The van der Waals surface area contributed by atoms with Crippen LogP contribution in [0.15, 0.2) is 16.6 Å². The molecule has 0 aliphatic heterocycles. The summed E-state index contributed by atoms with van der Waals surface area (Å²) < 4.78 is 21.6. The Morgan fingerprint density at radius 3 is 2.44 bits per heavy atom. The molecule has 0 N–H and O–H groups in total. The largest absolute Gasteiger partial charge is 0.493 e. The molecular formula is C11H15BrO4. The molecule has 0 saturated carbocycles. The molecule has 1 aromatic rings. The van der Waals surface area contributed by atoms with Crippen molar-refractivity contribution in [1.82, 2.24) is 0 Å². The predicted octanol–water partition coefficient (Wildman–Crippen LogP) is 2.59. The molecule has 0 aliphatic rings. The first kappa shape index (κ1) is 13.3. The Bertz CT molecular complexity index is 341. The number of ether oxygens (including phenoxy) is 4. The minimum atomic E-state index is 0.243. The van der Waals surface area contributed by atoms with Crippen LogP contribution in [0.4, 0.5) is 0 Å². The van der Waals surface area contributed by atoms with Crippen LogP contribution in [0.5, 0.6) is 11.5 Å². The maximum Gasteiger partial charge on any atom is 0.167 e. The van der Waals surface area contributed by atoms with Crippen molar-refractivity contribution in [3.05, 3.63) is 22.2 Å². The van der Waals surface area contributed by atoms with Gasteiger partial charge in [-0.3, -0.25) is 0 Å². The molecule has 0 fully saturated rings. The van der Waals surface area contributed by atoms with E-state index in [1.165, 1.54) is 0 Å². The highest BCUT2D eigenvalue weighted by Crippen LogP contribution is 2.36. The van der Waals surface area contributed by atoms with Gasteiger partial charge in [0.25, 0.3) is 0 Å². The summed E-state index contributed by atoms with van der Waals surface area (Å²) in [4.78, 5) is 0. The summed E-state index contributed by atoms with van der Waals surface area (Å²) in [5.74, 6) is 1.36. The van der Waals surface area contributed by atoms with Gasteiger partial charge in [-0.25, -0.2) is 0 Å². The van der Waals surface area contributed by atoms with Crippen molar-refractivity contribution in [2.45, 2.75) is 6.61 Å². The van der Waals surface area contributed by atoms with Gasteiger partial charge in [-0.1, -0.05) is 15.9 Å². The molecule has 1 rings (SSSR count). The van der Waals surface area contributed by atoms with E-state index in [2.05, 4.69) is 15.9 Å². The van der Waals surface area contributed by atoms with Gasteiger partial charge in [-0.05, 0) is 12.1 Å². The highest BCUT2D eigenvalue weighted by molar-refractivity contribution is 9.10. The second kappa shape index (κ2) is 6.73. The minimum absolute atomic E-state index is 0.243. The van der Waals surface area contributed by atoms with Crippen LogP contribution in [0.2, 0.25) is 0 Å². The number of rotatable bonds is 6. The quantitative estimate of drug-likeness (QED) is 0.596. The summed E-state index contributed by atoms with van der Waals surface area (Å²) in [5, 5.41) is 0. The molecule has 0 bridgehead atoms. The fourth-order valence-corrected chi connectivity index (χ4v) is 1.76. The molecule has 90 valence electrons. The van der Waals surface area contributed by atoms with Gasteiger partial charge < -0.3 is 18.9 Å². The molecule has 5 heteroatoms. The fourth-order valence-electron chi connectivity index (χ4n) is 1.33. The Morgan fingerprint density at radius 1 is 1.12 bits per heavy atom. The van der Waals surface area contributed by atoms with E-state index < -0.39 is 0 Å². The molecule has 0 unspecified atom stereocenters. The van der Waals surface area contributed by atoms with Crippen molar-refractivity contribution in [1.29, 1.82) is 0 Å². The molecule has 0 saturated heterocycles. The maximum absolute atomic E-state index is 5.30. The lowest BCUT2D eigenvalue weighted by molar-refractivity contribution is -0.0397. The minimum Gasteiger partial charge on any atom is -0.493 e. The van der Waals surface area contributed by atoms with E-state index in [4.69, 9.17) is 18.9 Å². The normalized spacial score (nSPS) is 10.2. The zero-order chi connectivity index (χ0) is 12.0. The summed E-state index contributed by atoms with van der Waals surface area (Å²) in [6, 6.07) is 3.73. The Kier molecular flexibility index (Phi) is 5.59. The second-order valence-corrected chi connectivity index (χ2v) is 3.87. The van der Waals surface area contributed by atoms with Gasteiger partial charge in [0, 0.05) is 17.1 Å². The van der Waals surface area contributed by atoms with Gasteiger partial charge in [-0.15, -0.1) is 0 Å². The van der Waals surface area contributed by atoms with E-state index in [1.54, 1.807) is 21.3 Å². The van der Waals surface area contributed by atoms with Gasteiger partial charge >= 0.3 is 0 Å². The Balaban J connectivity index is 2.94. The van der Waals surface area contributed by atoms with E-state index in [1.807, 2.05) is 12.1 Å². The topological polar surface area (TPSA) is 36.9 Å². The lowest BCUT2D eigenvalue weighted by Crippen LogP contribution is -2.01. The van der Waals surface area contributed by atoms with E-state index in [9.17, 15) is 0 Å². The number of hydrogen-bond donors (Lipinski definition) is 0. The molecule has 4 nitrogen and oxygen atoms in total. The first-order chi connectivity index (χ1) is 7.74. The van der Waals surface area contributed by atoms with Crippen molar-refractivity contribution in [2.75, 3.05) is 28.1 Å². The lowest BCUT2D eigenvalue weighted by atomic mass is 10.2. The predicted molar refractivity (Wildman–Crippen MR) is 63.9 cm³/mol. The molecule has 0 heterocycles. The van der Waals surface area contributed by atoms with E-state index >= 15 is 0 Å². The van der Waals surface area contributed by atoms with Crippen molar-refractivity contribution < 1.29 is 18.9 Å². The summed E-state index contributed by atoms with van der Waals surface area (Å²) in [6.45, 7) is 0.640. The maximum atomic E-state index is 5.30. The molecule has 0 spiro atoms. The number of methoxy groups -OCH3 is 3. The summed E-state index contributed by atoms with van der Waals surface area (Å²) in [5.41, 5.74) is 0.902. The smallest absolute Gasteiger partial charge is 0.167 e. The third kappa shape index (κ3) is 3.10. The molecule has 0 atom stereocenters. The Morgan fingerprint density at radius 2 is 1.88 bits per heavy atom. The van der Waals surface area contributed by atoms with Gasteiger partial charge in [0.2, 0.25) is 0 Å². The zero-order valence-corrected chi connectivity index (χ0v) is 11.2. The SMILES string of the molecule is COCOCc1c(Br)ccc(OC)c1OC. The number of halogens is 1. The highest BCUT2D eigenvalue weighted by Gasteiger charge is 2.13. The molecule has 0 aromatic heterocycles. The molecule has 0 radical (unpaired) electrons. The van der Waals surface area contributed by atoms with Crippen LogP contribution in [0.1, 0.15) is 5.56 Å². The average Bonchev–Trinajstić information content (AvgIpc) is 2.31. The third-order valence-electron chi connectivity index (χ3n) is 2.04. The van der Waals surface area contributed by atoms with Crippen LogP contribution >= 0.6 is 15.9 Å². The van der Waals surface area contributed by atoms with Gasteiger partial charge in [0.15, 0.2) is 11.5 Å². The van der Waals surface area contributed by atoms with Crippen LogP contribution in [-0.4, -0.2) is 28.1 Å². The monoisotopic (exact) mass is 290 g/mol. The first-order valence-electron chi connectivity index (χ1n) is 4.70. The van der Waals surface area contributed by atoms with Crippen LogP contribution in [-0.2, 0) is 16.1 Å². The Hall–Kier alpha value is -0.780. The molecular weight excluding hydrogens is 276 g/mol.